The number of methoxy groups -OCH3 is 1. The number of aromatic amines is 2. The molecule has 0 aromatic carbocycles. The maximum Gasteiger partial charge on any atom is 0.326 e. The van der Waals surface area contributed by atoms with Gasteiger partial charge in [0.15, 0.2) is 0 Å². The third-order valence-corrected chi connectivity index (χ3v) is 7.96. The Bertz CT molecular complexity index is 1110. The van der Waals surface area contributed by atoms with Crippen molar-refractivity contribution in [3.63, 3.8) is 0 Å². The van der Waals surface area contributed by atoms with Gasteiger partial charge in [-0.25, -0.2) is 26.7 Å². The maximum atomic E-state index is 16.3. The zero-order valence-corrected chi connectivity index (χ0v) is 17.8. The van der Waals surface area contributed by atoms with Crippen molar-refractivity contribution in [1.82, 2.24) is 14.9 Å². The number of aromatic nitrogens is 2. The molecule has 7 nitrogen and oxygen atoms in total. The summed E-state index contributed by atoms with van der Waals surface area (Å²) in [6.45, 7) is 0.155. The van der Waals surface area contributed by atoms with Crippen molar-refractivity contribution in [1.29, 1.82) is 0 Å². The topological polar surface area (TPSA) is 104 Å². The SMILES string of the molecule is COC1c2[nH]c(=O)[nH]c(=O)c2C(C(F)F)=C(F)C1(C1CC1)N1CC2CCC(F)(F)C(N)C2C1. The predicted octanol–water partition coefficient (Wildman–Crippen LogP) is 2.16. The number of nitrogens with zero attached hydrogens (tertiary/aromatic N) is 1. The van der Waals surface area contributed by atoms with E-state index < -0.39 is 70.1 Å². The Morgan fingerprint density at radius 2 is 1.85 bits per heavy atom. The van der Waals surface area contributed by atoms with Crippen LogP contribution in [0.1, 0.15) is 43.0 Å². The van der Waals surface area contributed by atoms with Gasteiger partial charge in [-0.15, -0.1) is 0 Å². The number of rotatable bonds is 4. The van der Waals surface area contributed by atoms with Crippen LogP contribution in [0.15, 0.2) is 15.4 Å². The van der Waals surface area contributed by atoms with Gasteiger partial charge in [-0.05, 0) is 37.0 Å². The molecule has 5 rings (SSSR count). The number of alkyl halides is 4. The van der Waals surface area contributed by atoms with Gasteiger partial charge in [0, 0.05) is 26.6 Å². The van der Waals surface area contributed by atoms with Gasteiger partial charge >= 0.3 is 5.69 Å². The van der Waals surface area contributed by atoms with Gasteiger partial charge in [-0.3, -0.25) is 14.7 Å². The minimum absolute atomic E-state index is 0.0233. The first kappa shape index (κ1) is 22.7. The molecule has 0 amide bonds. The van der Waals surface area contributed by atoms with Gasteiger partial charge in [0.1, 0.15) is 17.5 Å². The van der Waals surface area contributed by atoms with E-state index in [-0.39, 0.29) is 37.5 Å². The van der Waals surface area contributed by atoms with Crippen LogP contribution in [0.25, 0.3) is 5.57 Å². The van der Waals surface area contributed by atoms with Crippen molar-refractivity contribution >= 4 is 5.57 Å². The highest BCUT2D eigenvalue weighted by atomic mass is 19.3. The molecule has 1 aromatic heterocycles. The number of hydrogen-bond donors (Lipinski definition) is 3. The maximum absolute atomic E-state index is 16.3. The average molecular weight is 476 g/mol. The summed E-state index contributed by atoms with van der Waals surface area (Å²) < 4.78 is 79.0. The van der Waals surface area contributed by atoms with Crippen molar-refractivity contribution in [2.24, 2.45) is 23.5 Å². The Morgan fingerprint density at radius 3 is 2.45 bits per heavy atom. The number of ether oxygens (including phenoxy) is 1. The molecule has 1 saturated heterocycles. The normalized spacial score (nSPS) is 36.2. The average Bonchev–Trinajstić information content (AvgIpc) is 3.49. The third-order valence-electron chi connectivity index (χ3n) is 7.96. The summed E-state index contributed by atoms with van der Waals surface area (Å²) in [6, 6.07) is -1.43. The molecule has 182 valence electrons. The summed E-state index contributed by atoms with van der Waals surface area (Å²) in [5.74, 6) is -5.62. The van der Waals surface area contributed by atoms with E-state index in [0.717, 1.165) is 0 Å². The molecule has 33 heavy (non-hydrogen) atoms. The minimum atomic E-state index is -3.34. The predicted molar refractivity (Wildman–Crippen MR) is 108 cm³/mol. The van der Waals surface area contributed by atoms with Crippen molar-refractivity contribution in [2.75, 3.05) is 20.2 Å². The summed E-state index contributed by atoms with van der Waals surface area (Å²) in [5.41, 5.74) is 0.108. The van der Waals surface area contributed by atoms with E-state index in [1.54, 1.807) is 4.90 Å². The summed E-state index contributed by atoms with van der Waals surface area (Å²) in [6.07, 6.45) is -3.83. The fourth-order valence-corrected chi connectivity index (χ4v) is 6.38. The summed E-state index contributed by atoms with van der Waals surface area (Å²) >= 11 is 0. The molecule has 1 aliphatic heterocycles. The molecule has 2 saturated carbocycles. The molecule has 5 atom stereocenters. The number of H-pyrrole nitrogens is 2. The monoisotopic (exact) mass is 476 g/mol. The first-order valence-electron chi connectivity index (χ1n) is 11.0. The fourth-order valence-electron chi connectivity index (χ4n) is 6.38. The quantitative estimate of drug-likeness (QED) is 0.578. The zero-order valence-electron chi connectivity index (χ0n) is 17.8. The molecule has 5 unspecified atom stereocenters. The molecule has 0 spiro atoms. The fraction of sp³-hybridized carbons (Fsp3) is 0.714. The van der Waals surface area contributed by atoms with Crippen LogP contribution < -0.4 is 17.0 Å². The molecule has 3 fully saturated rings. The lowest BCUT2D eigenvalue weighted by atomic mass is 9.74. The molecular weight excluding hydrogens is 451 g/mol. The number of nitrogens with one attached hydrogen (secondary N) is 2. The number of nitrogens with two attached hydrogens (primary N) is 1. The molecule has 1 aromatic rings. The van der Waals surface area contributed by atoms with Crippen molar-refractivity contribution in [2.45, 2.75) is 55.7 Å². The van der Waals surface area contributed by atoms with E-state index in [4.69, 9.17) is 10.5 Å². The lowest BCUT2D eigenvalue weighted by molar-refractivity contribution is -0.0811. The molecule has 12 heteroatoms. The zero-order chi connectivity index (χ0) is 23.9. The van der Waals surface area contributed by atoms with Crippen LogP contribution in [0.4, 0.5) is 22.0 Å². The van der Waals surface area contributed by atoms with E-state index in [9.17, 15) is 27.2 Å². The Balaban J connectivity index is 1.71. The smallest absolute Gasteiger partial charge is 0.326 e. The molecule has 0 radical (unpaired) electrons. The summed E-state index contributed by atoms with van der Waals surface area (Å²) in [7, 11) is 1.24. The van der Waals surface area contributed by atoms with E-state index in [1.807, 2.05) is 4.98 Å². The van der Waals surface area contributed by atoms with E-state index in [0.29, 0.717) is 12.8 Å². The number of hydrogen-bond acceptors (Lipinski definition) is 5. The standard InChI is InChI=1S/C21H25F5N4O3/c1-33-16-13-11(18(31)29-19(32)28-13)12(17(23)24)14(22)21(16,9-2-3-9)30-6-8-4-5-20(25,26)15(27)10(8)7-30/h8-10,15-17H,2-7,27H2,1H3,(H2,28,29,31,32). The van der Waals surface area contributed by atoms with E-state index in [1.165, 1.54) is 7.11 Å². The summed E-state index contributed by atoms with van der Waals surface area (Å²) in [5, 5.41) is 0. The number of halogens is 5. The third kappa shape index (κ3) is 3.09. The van der Waals surface area contributed by atoms with Gasteiger partial charge < -0.3 is 15.5 Å². The van der Waals surface area contributed by atoms with Crippen LogP contribution in [0.3, 0.4) is 0 Å². The van der Waals surface area contributed by atoms with Gasteiger partial charge in [0.2, 0.25) is 0 Å². The van der Waals surface area contributed by atoms with Crippen LogP contribution in [0, 0.1) is 17.8 Å². The number of likely N-dealkylation sites (tertiary alicyclic amines) is 1. The van der Waals surface area contributed by atoms with Crippen LogP contribution in [0.2, 0.25) is 0 Å². The highest BCUT2D eigenvalue weighted by Gasteiger charge is 2.65. The molecule has 2 heterocycles. The second kappa shape index (κ2) is 7.47. The molecule has 0 bridgehead atoms. The Morgan fingerprint density at radius 1 is 1.15 bits per heavy atom. The molecule has 4 N–H and O–H groups in total. The summed E-state index contributed by atoms with van der Waals surface area (Å²) in [4.78, 5) is 30.4. The van der Waals surface area contributed by atoms with Crippen LogP contribution in [0.5, 0.6) is 0 Å². The van der Waals surface area contributed by atoms with Gasteiger partial charge in [-0.1, -0.05) is 0 Å². The Labute approximate surface area is 185 Å². The van der Waals surface area contributed by atoms with Crippen molar-refractivity contribution in [3.8, 4) is 0 Å². The van der Waals surface area contributed by atoms with Crippen LogP contribution in [-0.2, 0) is 4.74 Å². The van der Waals surface area contributed by atoms with Crippen molar-refractivity contribution < 1.29 is 26.7 Å². The molecular formula is C21H25F5N4O3. The Hall–Kier alpha value is -2.05. The first-order chi connectivity index (χ1) is 15.5. The molecule has 4 aliphatic rings. The van der Waals surface area contributed by atoms with E-state index >= 15 is 4.39 Å². The second-order valence-electron chi connectivity index (χ2n) is 9.60. The second-order valence-corrected chi connectivity index (χ2v) is 9.60. The molecule has 3 aliphatic carbocycles. The van der Waals surface area contributed by atoms with Gasteiger partial charge in [0.05, 0.1) is 22.9 Å². The first-order valence-corrected chi connectivity index (χ1v) is 11.0. The van der Waals surface area contributed by atoms with Crippen LogP contribution in [-0.4, -0.2) is 59.0 Å². The van der Waals surface area contributed by atoms with E-state index in [2.05, 4.69) is 4.98 Å². The van der Waals surface area contributed by atoms with Crippen LogP contribution >= 0.6 is 0 Å². The number of allylic oxidation sites excluding steroid dienone is 1. The Kier molecular flexibility index (Phi) is 5.15. The van der Waals surface area contributed by atoms with Gasteiger partial charge in [0.25, 0.3) is 17.9 Å². The minimum Gasteiger partial charge on any atom is -0.373 e. The highest BCUT2D eigenvalue weighted by molar-refractivity contribution is 5.75. The van der Waals surface area contributed by atoms with Gasteiger partial charge in [-0.2, -0.15) is 0 Å². The number of fused-ring (bicyclic) bond motifs is 2. The van der Waals surface area contributed by atoms with Crippen molar-refractivity contribution in [3.05, 3.63) is 37.9 Å². The largest absolute Gasteiger partial charge is 0.373 e. The lowest BCUT2D eigenvalue weighted by Gasteiger charge is -2.49. The lowest BCUT2D eigenvalue weighted by Crippen LogP contribution is -2.58. The highest BCUT2D eigenvalue weighted by Crippen LogP contribution is 2.61.